The van der Waals surface area contributed by atoms with Crippen molar-refractivity contribution >= 4 is 35.7 Å². The SMILES string of the molecule is CC(C)(C)OC(=O)N1c2ccccc2CC12CCN(c1ccc3c(c1)CCc1nn(SF)cc1-3)C2=O. The van der Waals surface area contributed by atoms with Gasteiger partial charge < -0.3 is 9.64 Å². The molecule has 0 N–H and O–H groups in total. The van der Waals surface area contributed by atoms with Gasteiger partial charge >= 0.3 is 6.09 Å². The van der Waals surface area contributed by atoms with Crippen LogP contribution in [0.4, 0.5) is 20.1 Å². The Kier molecular flexibility index (Phi) is 5.19. The normalized spacial score (nSPS) is 20.5. The zero-order valence-corrected chi connectivity index (χ0v) is 21.3. The van der Waals surface area contributed by atoms with E-state index in [9.17, 15) is 13.5 Å². The van der Waals surface area contributed by atoms with Gasteiger partial charge in [0.1, 0.15) is 11.1 Å². The first-order valence-electron chi connectivity index (χ1n) is 12.1. The van der Waals surface area contributed by atoms with Crippen LogP contribution in [0.2, 0.25) is 0 Å². The number of ether oxygens (including phenoxy) is 1. The summed E-state index contributed by atoms with van der Waals surface area (Å²) >= 11 is 0.0823. The number of halogens is 1. The Labute approximate surface area is 213 Å². The van der Waals surface area contributed by atoms with Crippen molar-refractivity contribution in [2.75, 3.05) is 16.3 Å². The molecule has 9 heteroatoms. The second kappa shape index (κ2) is 8.09. The van der Waals surface area contributed by atoms with Crippen molar-refractivity contribution in [1.82, 2.24) is 9.19 Å². The van der Waals surface area contributed by atoms with E-state index in [1.165, 1.54) is 4.09 Å². The molecule has 0 radical (unpaired) electrons. The van der Waals surface area contributed by atoms with Crippen molar-refractivity contribution in [3.05, 3.63) is 65.5 Å². The molecule has 1 spiro atoms. The highest BCUT2D eigenvalue weighted by Crippen LogP contribution is 2.47. The average molecular weight is 507 g/mol. The molecule has 1 atom stereocenters. The number of hydrogen-bond acceptors (Lipinski definition) is 5. The third-order valence-electron chi connectivity index (χ3n) is 7.27. The fourth-order valence-corrected chi connectivity index (χ4v) is 6.04. The molecule has 3 heterocycles. The maximum Gasteiger partial charge on any atom is 0.415 e. The van der Waals surface area contributed by atoms with Crippen LogP contribution in [0, 0.1) is 0 Å². The fourth-order valence-electron chi connectivity index (χ4n) is 5.76. The van der Waals surface area contributed by atoms with Crippen LogP contribution in [0.15, 0.2) is 48.7 Å². The zero-order valence-electron chi connectivity index (χ0n) is 20.5. The van der Waals surface area contributed by atoms with Crippen molar-refractivity contribution in [2.45, 2.75) is 57.6 Å². The molecule has 2 aromatic carbocycles. The molecule has 36 heavy (non-hydrogen) atoms. The Morgan fingerprint density at radius 2 is 1.92 bits per heavy atom. The van der Waals surface area contributed by atoms with Crippen molar-refractivity contribution in [3.63, 3.8) is 0 Å². The summed E-state index contributed by atoms with van der Waals surface area (Å²) in [6, 6.07) is 13.7. The van der Waals surface area contributed by atoms with Crippen molar-refractivity contribution in [1.29, 1.82) is 0 Å². The molecular weight excluding hydrogens is 479 g/mol. The molecule has 0 saturated carbocycles. The molecule has 1 fully saturated rings. The number of hydrogen-bond donors (Lipinski definition) is 0. The summed E-state index contributed by atoms with van der Waals surface area (Å²) in [5.74, 6) is -0.0948. The van der Waals surface area contributed by atoms with Crippen LogP contribution in [0.25, 0.3) is 11.1 Å². The predicted molar refractivity (Wildman–Crippen MR) is 138 cm³/mol. The summed E-state index contributed by atoms with van der Waals surface area (Å²) in [4.78, 5) is 30.9. The topological polar surface area (TPSA) is 67.7 Å². The summed E-state index contributed by atoms with van der Waals surface area (Å²) in [6.07, 6.45) is 3.69. The van der Waals surface area contributed by atoms with E-state index in [0.29, 0.717) is 19.4 Å². The second-order valence-corrected chi connectivity index (χ2v) is 11.2. The van der Waals surface area contributed by atoms with Gasteiger partial charge in [0.2, 0.25) is 0 Å². The van der Waals surface area contributed by atoms with Crippen molar-refractivity contribution in [2.24, 2.45) is 0 Å². The van der Waals surface area contributed by atoms with E-state index in [1.54, 1.807) is 16.0 Å². The molecule has 0 bridgehead atoms. The van der Waals surface area contributed by atoms with Gasteiger partial charge in [-0.1, -0.05) is 24.3 Å². The van der Waals surface area contributed by atoms with E-state index >= 15 is 0 Å². The molecule has 1 unspecified atom stereocenters. The van der Waals surface area contributed by atoms with Crippen LogP contribution in [0.1, 0.15) is 44.0 Å². The Balaban J connectivity index is 1.35. The number of amides is 2. The first-order chi connectivity index (χ1) is 17.2. The van der Waals surface area contributed by atoms with Crippen molar-refractivity contribution in [3.8, 4) is 11.1 Å². The van der Waals surface area contributed by atoms with E-state index < -0.39 is 17.2 Å². The summed E-state index contributed by atoms with van der Waals surface area (Å²) < 4.78 is 20.1. The monoisotopic (exact) mass is 506 g/mol. The van der Waals surface area contributed by atoms with Gasteiger partial charge in [0.15, 0.2) is 12.3 Å². The molecule has 186 valence electrons. The lowest BCUT2D eigenvalue weighted by molar-refractivity contribution is -0.121. The Morgan fingerprint density at radius 1 is 1.11 bits per heavy atom. The fraction of sp³-hybridized carbons (Fsp3) is 0.370. The zero-order chi connectivity index (χ0) is 25.2. The number of aryl methyl sites for hydroxylation is 2. The maximum absolute atomic E-state index is 14.1. The second-order valence-electron chi connectivity index (χ2n) is 10.7. The first-order valence-corrected chi connectivity index (χ1v) is 12.8. The number of nitrogens with zero attached hydrogens (tertiary/aromatic N) is 4. The van der Waals surface area contributed by atoms with Gasteiger partial charge in [-0.3, -0.25) is 9.69 Å². The largest absolute Gasteiger partial charge is 0.443 e. The van der Waals surface area contributed by atoms with Gasteiger partial charge in [0.25, 0.3) is 5.91 Å². The molecule has 3 aliphatic rings. The lowest BCUT2D eigenvalue weighted by atomic mass is 9.89. The number of fused-ring (bicyclic) bond motifs is 4. The minimum atomic E-state index is -1.01. The minimum Gasteiger partial charge on any atom is -0.443 e. The molecule has 2 aliphatic heterocycles. The summed E-state index contributed by atoms with van der Waals surface area (Å²) in [7, 11) is 0. The first kappa shape index (κ1) is 23.1. The number of aromatic nitrogens is 2. The number of carbonyl (C=O) groups is 2. The van der Waals surface area contributed by atoms with E-state index in [2.05, 4.69) is 11.2 Å². The van der Waals surface area contributed by atoms with Crippen LogP contribution in [0.5, 0.6) is 0 Å². The highest BCUT2D eigenvalue weighted by atomic mass is 32.2. The molecule has 1 aromatic heterocycles. The number of rotatable bonds is 2. The lowest BCUT2D eigenvalue weighted by Gasteiger charge is -2.35. The summed E-state index contributed by atoms with van der Waals surface area (Å²) in [5, 5.41) is 4.29. The molecule has 7 nitrogen and oxygen atoms in total. The highest BCUT2D eigenvalue weighted by molar-refractivity contribution is 7.92. The van der Waals surface area contributed by atoms with E-state index in [0.717, 1.165) is 52.2 Å². The maximum atomic E-state index is 14.1. The molecule has 6 rings (SSSR count). The van der Waals surface area contributed by atoms with Crippen LogP contribution in [0.3, 0.4) is 0 Å². The van der Waals surface area contributed by atoms with Crippen LogP contribution >= 0.6 is 12.3 Å². The van der Waals surface area contributed by atoms with Gasteiger partial charge in [0, 0.05) is 30.4 Å². The molecule has 1 saturated heterocycles. The highest BCUT2D eigenvalue weighted by Gasteiger charge is 2.58. The van der Waals surface area contributed by atoms with Crippen LogP contribution < -0.4 is 9.80 Å². The van der Waals surface area contributed by atoms with E-state index in [1.807, 2.05) is 57.2 Å². The number of anilines is 2. The molecule has 2 amide bonds. The van der Waals surface area contributed by atoms with Gasteiger partial charge in [-0.15, -0.1) is 3.89 Å². The van der Waals surface area contributed by atoms with Crippen LogP contribution in [-0.2, 0) is 28.8 Å². The number of carbonyl (C=O) groups excluding carboxylic acids is 2. The third-order valence-corrected chi connectivity index (χ3v) is 7.60. The standard InChI is InChI=1S/C27H27FN4O3S/c1-26(2,3)35-25(34)32-23-7-5-4-6-18(23)15-27(32)12-13-30(24(27)33)19-9-10-20-17(14-19)8-11-22-21(20)16-31(29-22)36-28/h4-7,9-10,14,16H,8,11-13,15H2,1-3H3. The predicted octanol–water partition coefficient (Wildman–Crippen LogP) is 5.50. The Bertz CT molecular complexity index is 1400. The number of para-hydroxylation sites is 1. The van der Waals surface area contributed by atoms with Gasteiger partial charge in [-0.05, 0) is 74.9 Å². The molecular formula is C27H27FN4O3S. The Morgan fingerprint density at radius 3 is 2.69 bits per heavy atom. The van der Waals surface area contributed by atoms with Gasteiger partial charge in [-0.25, -0.2) is 4.79 Å². The van der Waals surface area contributed by atoms with Gasteiger partial charge in [-0.2, -0.15) is 9.19 Å². The van der Waals surface area contributed by atoms with Crippen molar-refractivity contribution < 1.29 is 18.2 Å². The third kappa shape index (κ3) is 3.51. The molecule has 3 aromatic rings. The molecule has 1 aliphatic carbocycles. The quantitative estimate of drug-likeness (QED) is 0.459. The Hall–Kier alpha value is -3.33. The lowest BCUT2D eigenvalue weighted by Crippen LogP contribution is -2.56. The summed E-state index contributed by atoms with van der Waals surface area (Å²) in [6.45, 7) is 6.00. The van der Waals surface area contributed by atoms with Gasteiger partial charge in [0.05, 0.1) is 11.4 Å². The average Bonchev–Trinajstić information content (AvgIpc) is 3.51. The summed E-state index contributed by atoms with van der Waals surface area (Å²) in [5.41, 5.74) is 4.78. The van der Waals surface area contributed by atoms with E-state index in [4.69, 9.17) is 4.74 Å². The number of benzene rings is 2. The minimum absolute atomic E-state index is 0.0823. The van der Waals surface area contributed by atoms with Crippen LogP contribution in [-0.4, -0.2) is 38.9 Å². The smallest absolute Gasteiger partial charge is 0.415 e. The van der Waals surface area contributed by atoms with E-state index in [-0.39, 0.29) is 18.2 Å².